The summed E-state index contributed by atoms with van der Waals surface area (Å²) in [6, 6.07) is 0.612. The van der Waals surface area contributed by atoms with Gasteiger partial charge in [0, 0.05) is 30.4 Å². The fraction of sp³-hybridized carbons (Fsp3) is 0.714. The number of rotatable bonds is 2. The molecule has 0 bridgehead atoms. The van der Waals surface area contributed by atoms with Crippen molar-refractivity contribution in [2.75, 3.05) is 25.0 Å². The van der Waals surface area contributed by atoms with Crippen LogP contribution in [0, 0.1) is 0 Å². The van der Waals surface area contributed by atoms with Gasteiger partial charge >= 0.3 is 0 Å². The molecule has 1 unspecified atom stereocenters. The molecule has 1 atom stereocenters. The molecule has 1 aromatic rings. The highest BCUT2D eigenvalue weighted by molar-refractivity contribution is 5.50. The fourth-order valence-electron chi connectivity index (χ4n) is 3.14. The normalized spacial score (nSPS) is 23.8. The zero-order valence-electron chi connectivity index (χ0n) is 11.2. The molecule has 0 radical (unpaired) electrons. The van der Waals surface area contributed by atoms with E-state index < -0.39 is 0 Å². The van der Waals surface area contributed by atoms with Crippen LogP contribution < -0.4 is 10.2 Å². The maximum atomic E-state index is 4.57. The van der Waals surface area contributed by atoms with E-state index in [0.717, 1.165) is 25.9 Å². The molecule has 3 rings (SSSR count). The molecular weight excluding hydrogens is 224 g/mol. The summed E-state index contributed by atoms with van der Waals surface area (Å²) in [4.78, 5) is 11.5. The highest BCUT2D eigenvalue weighted by Gasteiger charge is 2.25. The van der Waals surface area contributed by atoms with Crippen LogP contribution >= 0.6 is 0 Å². The second-order valence-corrected chi connectivity index (χ2v) is 5.40. The molecule has 1 aliphatic carbocycles. The summed E-state index contributed by atoms with van der Waals surface area (Å²) in [5.74, 6) is 1.21. The average Bonchev–Trinajstić information content (AvgIpc) is 2.75. The highest BCUT2D eigenvalue weighted by Crippen LogP contribution is 2.28. The van der Waals surface area contributed by atoms with Gasteiger partial charge in [-0.15, -0.1) is 0 Å². The van der Waals surface area contributed by atoms with E-state index in [4.69, 9.17) is 0 Å². The molecule has 4 heteroatoms. The summed E-state index contributed by atoms with van der Waals surface area (Å²) in [7, 11) is 2.05. The smallest absolute Gasteiger partial charge is 0.135 e. The third-order valence-corrected chi connectivity index (χ3v) is 4.25. The summed E-state index contributed by atoms with van der Waals surface area (Å²) in [5, 5.41) is 3.37. The Morgan fingerprint density at radius 2 is 2.11 bits per heavy atom. The summed E-state index contributed by atoms with van der Waals surface area (Å²) in [6.07, 6.45) is 9.16. The van der Waals surface area contributed by atoms with Crippen molar-refractivity contribution >= 4 is 5.82 Å². The lowest BCUT2D eigenvalue weighted by molar-refractivity contribution is 0.616. The lowest BCUT2D eigenvalue weighted by Gasteiger charge is -2.21. The largest absolute Gasteiger partial charge is 0.355 e. The van der Waals surface area contributed by atoms with Crippen molar-refractivity contribution in [3.63, 3.8) is 0 Å². The molecule has 1 aliphatic heterocycles. The number of aryl methyl sites for hydroxylation is 1. The maximum absolute atomic E-state index is 4.57. The molecule has 1 aromatic heterocycles. The second kappa shape index (κ2) is 5.22. The van der Waals surface area contributed by atoms with Gasteiger partial charge in [-0.25, -0.2) is 9.97 Å². The summed E-state index contributed by atoms with van der Waals surface area (Å²) in [6.45, 7) is 2.20. The van der Waals surface area contributed by atoms with Gasteiger partial charge in [0.2, 0.25) is 0 Å². The zero-order chi connectivity index (χ0) is 12.4. The molecule has 1 fully saturated rings. The van der Waals surface area contributed by atoms with Gasteiger partial charge in [0.25, 0.3) is 0 Å². The van der Waals surface area contributed by atoms with E-state index in [1.165, 1.54) is 42.8 Å². The Bertz CT molecular complexity index is 418. The third-order valence-electron chi connectivity index (χ3n) is 4.25. The molecule has 1 saturated heterocycles. The molecule has 0 spiro atoms. The number of anilines is 1. The van der Waals surface area contributed by atoms with Crippen LogP contribution in [0.25, 0.3) is 0 Å². The van der Waals surface area contributed by atoms with Gasteiger partial charge in [0.05, 0.1) is 0 Å². The predicted octanol–water partition coefficient (Wildman–Crippen LogP) is 1.54. The number of hydrogen-bond donors (Lipinski definition) is 1. The van der Waals surface area contributed by atoms with Gasteiger partial charge in [-0.2, -0.15) is 0 Å². The second-order valence-electron chi connectivity index (χ2n) is 5.40. The average molecular weight is 246 g/mol. The van der Waals surface area contributed by atoms with Gasteiger partial charge in [-0.3, -0.25) is 0 Å². The lowest BCUT2D eigenvalue weighted by atomic mass is 10.1. The minimum Gasteiger partial charge on any atom is -0.355 e. The summed E-state index contributed by atoms with van der Waals surface area (Å²) in [5.41, 5.74) is 2.72. The van der Waals surface area contributed by atoms with Crippen molar-refractivity contribution in [3.05, 3.63) is 17.6 Å². The van der Waals surface area contributed by atoms with E-state index in [1.54, 1.807) is 6.33 Å². The number of likely N-dealkylation sites (N-methyl/N-ethyl adjacent to an activating group) is 1. The summed E-state index contributed by atoms with van der Waals surface area (Å²) >= 11 is 0. The molecule has 2 aliphatic rings. The zero-order valence-corrected chi connectivity index (χ0v) is 11.2. The van der Waals surface area contributed by atoms with Crippen molar-refractivity contribution in [1.82, 2.24) is 15.3 Å². The van der Waals surface area contributed by atoms with Gasteiger partial charge in [0.15, 0.2) is 0 Å². The monoisotopic (exact) mass is 246 g/mol. The Morgan fingerprint density at radius 1 is 1.22 bits per heavy atom. The number of nitrogens with one attached hydrogen (secondary N) is 1. The Kier molecular flexibility index (Phi) is 3.46. The van der Waals surface area contributed by atoms with Gasteiger partial charge in [0.1, 0.15) is 12.1 Å². The first-order valence-electron chi connectivity index (χ1n) is 7.13. The lowest BCUT2D eigenvalue weighted by Crippen LogP contribution is -2.30. The number of aromatic nitrogens is 2. The Hall–Kier alpha value is -1.16. The molecule has 0 aromatic carbocycles. The highest BCUT2D eigenvalue weighted by atomic mass is 15.2. The number of hydrogen-bond acceptors (Lipinski definition) is 4. The minimum atomic E-state index is 0.612. The minimum absolute atomic E-state index is 0.612. The Labute approximate surface area is 109 Å². The first-order chi connectivity index (χ1) is 8.88. The summed E-state index contributed by atoms with van der Waals surface area (Å²) < 4.78 is 0. The van der Waals surface area contributed by atoms with Crippen LogP contribution in [0.15, 0.2) is 6.33 Å². The first kappa shape index (κ1) is 11.9. The molecular formula is C14H22N4. The van der Waals surface area contributed by atoms with Gasteiger partial charge in [-0.1, -0.05) is 6.42 Å². The van der Waals surface area contributed by atoms with E-state index in [9.17, 15) is 0 Å². The number of nitrogens with zero attached hydrogens (tertiary/aromatic N) is 3. The molecule has 0 saturated carbocycles. The van der Waals surface area contributed by atoms with Crippen molar-refractivity contribution in [2.24, 2.45) is 0 Å². The van der Waals surface area contributed by atoms with Crippen molar-refractivity contribution in [2.45, 2.75) is 44.6 Å². The van der Waals surface area contributed by atoms with E-state index in [2.05, 4.69) is 27.2 Å². The SMILES string of the molecule is CNC1CCN(c2ncnc3c2CCCCC3)C1. The van der Waals surface area contributed by atoms with Crippen LogP contribution in [0.4, 0.5) is 5.82 Å². The van der Waals surface area contributed by atoms with Crippen molar-refractivity contribution in [1.29, 1.82) is 0 Å². The van der Waals surface area contributed by atoms with Crippen LogP contribution in [0.2, 0.25) is 0 Å². The molecule has 18 heavy (non-hydrogen) atoms. The van der Waals surface area contributed by atoms with E-state index >= 15 is 0 Å². The first-order valence-corrected chi connectivity index (χ1v) is 7.13. The molecule has 0 amide bonds. The van der Waals surface area contributed by atoms with E-state index in [0.29, 0.717) is 6.04 Å². The quantitative estimate of drug-likeness (QED) is 0.804. The Balaban J connectivity index is 1.88. The fourth-order valence-corrected chi connectivity index (χ4v) is 3.14. The van der Waals surface area contributed by atoms with Crippen LogP contribution in [0.3, 0.4) is 0 Å². The Morgan fingerprint density at radius 3 is 2.94 bits per heavy atom. The van der Waals surface area contributed by atoms with E-state index in [-0.39, 0.29) is 0 Å². The van der Waals surface area contributed by atoms with Crippen molar-refractivity contribution in [3.8, 4) is 0 Å². The van der Waals surface area contributed by atoms with Crippen molar-refractivity contribution < 1.29 is 0 Å². The predicted molar refractivity (Wildman–Crippen MR) is 73.0 cm³/mol. The molecule has 4 nitrogen and oxygen atoms in total. The number of fused-ring (bicyclic) bond motifs is 1. The van der Waals surface area contributed by atoms with Gasteiger partial charge in [-0.05, 0) is 39.2 Å². The standard InChI is InChI=1S/C14H22N4/c1-15-11-7-8-18(9-11)14-12-5-3-2-4-6-13(12)16-10-17-14/h10-11,15H,2-9H2,1H3. The van der Waals surface area contributed by atoms with Crippen LogP contribution in [-0.4, -0.2) is 36.1 Å². The molecule has 98 valence electrons. The van der Waals surface area contributed by atoms with E-state index in [1.807, 2.05) is 0 Å². The maximum Gasteiger partial charge on any atom is 0.135 e. The third kappa shape index (κ3) is 2.21. The topological polar surface area (TPSA) is 41.0 Å². The van der Waals surface area contributed by atoms with Gasteiger partial charge < -0.3 is 10.2 Å². The van der Waals surface area contributed by atoms with Crippen LogP contribution in [-0.2, 0) is 12.8 Å². The molecule has 1 N–H and O–H groups in total. The molecule has 2 heterocycles. The van der Waals surface area contributed by atoms with Crippen LogP contribution in [0.5, 0.6) is 0 Å². The van der Waals surface area contributed by atoms with Crippen LogP contribution in [0.1, 0.15) is 36.9 Å².